The van der Waals surface area contributed by atoms with Gasteiger partial charge in [0.25, 0.3) is 0 Å². The maximum absolute atomic E-state index is 11.6. The Kier molecular flexibility index (Phi) is 1.89. The van der Waals surface area contributed by atoms with E-state index in [1.54, 1.807) is 6.26 Å². The number of carbonyl (C=O) groups excluding carboxylic acids is 1. The van der Waals surface area contributed by atoms with Crippen molar-refractivity contribution in [1.82, 2.24) is 0 Å². The molecule has 76 valence electrons. The van der Waals surface area contributed by atoms with Gasteiger partial charge in [-0.05, 0) is 17.9 Å². The van der Waals surface area contributed by atoms with Crippen molar-refractivity contribution in [2.75, 3.05) is 7.11 Å². The number of carbonyl (C=O) groups is 1. The summed E-state index contributed by atoms with van der Waals surface area (Å²) in [6.07, 6.45) is 3.94. The van der Waals surface area contributed by atoms with Crippen LogP contribution in [0.15, 0.2) is 16.9 Å². The summed E-state index contributed by atoms with van der Waals surface area (Å²) in [5.41, 5.74) is 6.81. The molecule has 1 aliphatic carbocycles. The normalized spacial score (nSPS) is 30.1. The summed E-state index contributed by atoms with van der Waals surface area (Å²) in [6.45, 7) is 1.94. The highest BCUT2D eigenvalue weighted by Gasteiger charge is 2.49. The minimum atomic E-state index is -1.03. The summed E-state index contributed by atoms with van der Waals surface area (Å²) >= 11 is 0. The smallest absolute Gasteiger partial charge is 0.330 e. The molecule has 0 saturated carbocycles. The number of nitrogens with two attached hydrogens (primary N) is 1. The molecule has 0 saturated heterocycles. The van der Waals surface area contributed by atoms with Crippen molar-refractivity contribution in [2.45, 2.75) is 18.9 Å². The Morgan fingerprint density at radius 2 is 2.43 bits per heavy atom. The van der Waals surface area contributed by atoms with Crippen molar-refractivity contribution in [1.29, 1.82) is 0 Å². The molecule has 14 heavy (non-hydrogen) atoms. The van der Waals surface area contributed by atoms with Gasteiger partial charge in [0.1, 0.15) is 5.54 Å². The third-order valence-electron chi connectivity index (χ3n) is 3.01. The van der Waals surface area contributed by atoms with Crippen LogP contribution in [0.4, 0.5) is 0 Å². The first-order chi connectivity index (χ1) is 6.60. The predicted molar refractivity (Wildman–Crippen MR) is 49.5 cm³/mol. The van der Waals surface area contributed by atoms with Gasteiger partial charge in [-0.3, -0.25) is 0 Å². The quantitative estimate of drug-likeness (QED) is 0.673. The van der Waals surface area contributed by atoms with Crippen molar-refractivity contribution >= 4 is 5.97 Å². The standard InChI is InChI=1S/C10H13NO3/c1-6-3-7-4-14-5-8(7)10(6,11)9(12)13-2/h4-6H,3,11H2,1-2H3. The second kappa shape index (κ2) is 2.85. The molecular formula is C10H13NO3. The first-order valence-electron chi connectivity index (χ1n) is 4.53. The number of rotatable bonds is 1. The highest BCUT2D eigenvalue weighted by molar-refractivity contribution is 5.84. The molecule has 1 aliphatic rings. The Bertz CT molecular complexity index is 371. The number of ether oxygens (including phenoxy) is 1. The average molecular weight is 195 g/mol. The Hall–Kier alpha value is -1.29. The van der Waals surface area contributed by atoms with Crippen LogP contribution in [0.5, 0.6) is 0 Å². The van der Waals surface area contributed by atoms with Gasteiger partial charge < -0.3 is 14.9 Å². The lowest BCUT2D eigenvalue weighted by atomic mass is 9.87. The molecule has 1 heterocycles. The van der Waals surface area contributed by atoms with Crippen LogP contribution in [-0.4, -0.2) is 13.1 Å². The fraction of sp³-hybridized carbons (Fsp3) is 0.500. The SMILES string of the molecule is COC(=O)C1(N)c2cocc2CC1C. The van der Waals surface area contributed by atoms with E-state index in [9.17, 15) is 4.79 Å². The van der Waals surface area contributed by atoms with Crippen LogP contribution in [0.3, 0.4) is 0 Å². The average Bonchev–Trinajstić information content (AvgIpc) is 2.70. The molecule has 2 unspecified atom stereocenters. The molecule has 0 aliphatic heterocycles. The molecule has 4 nitrogen and oxygen atoms in total. The van der Waals surface area contributed by atoms with Gasteiger partial charge in [0.15, 0.2) is 0 Å². The third-order valence-corrected chi connectivity index (χ3v) is 3.01. The molecule has 0 amide bonds. The first kappa shape index (κ1) is 9.27. The van der Waals surface area contributed by atoms with E-state index in [4.69, 9.17) is 14.9 Å². The highest BCUT2D eigenvalue weighted by atomic mass is 16.5. The van der Waals surface area contributed by atoms with E-state index in [2.05, 4.69) is 0 Å². The molecular weight excluding hydrogens is 182 g/mol. The van der Waals surface area contributed by atoms with Crippen molar-refractivity contribution in [2.24, 2.45) is 11.7 Å². The second-order valence-corrected chi connectivity index (χ2v) is 3.78. The first-order valence-corrected chi connectivity index (χ1v) is 4.53. The van der Waals surface area contributed by atoms with E-state index in [1.807, 2.05) is 6.92 Å². The number of furan rings is 1. The lowest BCUT2D eigenvalue weighted by molar-refractivity contribution is -0.149. The Morgan fingerprint density at radius 3 is 3.07 bits per heavy atom. The van der Waals surface area contributed by atoms with Gasteiger partial charge in [0.05, 0.1) is 19.6 Å². The zero-order chi connectivity index (χ0) is 10.3. The van der Waals surface area contributed by atoms with E-state index in [0.29, 0.717) is 0 Å². The monoisotopic (exact) mass is 195 g/mol. The summed E-state index contributed by atoms with van der Waals surface area (Å²) in [5, 5.41) is 0. The van der Waals surface area contributed by atoms with Gasteiger partial charge in [0, 0.05) is 5.56 Å². The molecule has 0 aromatic carbocycles. The zero-order valence-electron chi connectivity index (χ0n) is 8.24. The Morgan fingerprint density at radius 1 is 1.71 bits per heavy atom. The van der Waals surface area contributed by atoms with E-state index >= 15 is 0 Å². The maximum atomic E-state index is 11.6. The van der Waals surface area contributed by atoms with Crippen molar-refractivity contribution in [3.63, 3.8) is 0 Å². The number of fused-ring (bicyclic) bond motifs is 1. The van der Waals surface area contributed by atoms with Crippen LogP contribution < -0.4 is 5.73 Å². The molecule has 2 atom stereocenters. The minimum absolute atomic E-state index is 0.0522. The molecule has 1 aromatic heterocycles. The molecule has 2 N–H and O–H groups in total. The molecule has 1 aromatic rings. The topological polar surface area (TPSA) is 65.5 Å². The number of esters is 1. The van der Waals surface area contributed by atoms with Gasteiger partial charge in [-0.25, -0.2) is 4.79 Å². The summed E-state index contributed by atoms with van der Waals surface area (Å²) in [6, 6.07) is 0. The zero-order valence-corrected chi connectivity index (χ0v) is 8.24. The predicted octanol–water partition coefficient (Wildman–Crippen LogP) is 0.799. The lowest BCUT2D eigenvalue weighted by Gasteiger charge is -2.25. The van der Waals surface area contributed by atoms with E-state index in [0.717, 1.165) is 17.5 Å². The van der Waals surface area contributed by atoms with Gasteiger partial charge in [-0.1, -0.05) is 6.92 Å². The van der Waals surface area contributed by atoms with E-state index < -0.39 is 11.5 Å². The highest BCUT2D eigenvalue weighted by Crippen LogP contribution is 2.40. The number of hydrogen-bond acceptors (Lipinski definition) is 4. The largest absolute Gasteiger partial charge is 0.472 e. The van der Waals surface area contributed by atoms with Crippen molar-refractivity contribution in [3.8, 4) is 0 Å². The number of methoxy groups -OCH3 is 1. The summed E-state index contributed by atoms with van der Waals surface area (Å²) in [7, 11) is 1.35. The van der Waals surface area contributed by atoms with Crippen LogP contribution >= 0.6 is 0 Å². The van der Waals surface area contributed by atoms with Crippen LogP contribution in [0.2, 0.25) is 0 Å². The van der Waals surface area contributed by atoms with Gasteiger partial charge >= 0.3 is 5.97 Å². The fourth-order valence-electron chi connectivity index (χ4n) is 2.08. The maximum Gasteiger partial charge on any atom is 0.330 e. The van der Waals surface area contributed by atoms with Gasteiger partial charge in [-0.2, -0.15) is 0 Å². The van der Waals surface area contributed by atoms with Crippen LogP contribution in [-0.2, 0) is 21.5 Å². The summed E-state index contributed by atoms with van der Waals surface area (Å²) in [4.78, 5) is 11.6. The van der Waals surface area contributed by atoms with Crippen LogP contribution in [0, 0.1) is 5.92 Å². The van der Waals surface area contributed by atoms with Crippen molar-refractivity contribution < 1.29 is 13.9 Å². The van der Waals surface area contributed by atoms with Gasteiger partial charge in [0.2, 0.25) is 0 Å². The third kappa shape index (κ3) is 0.944. The van der Waals surface area contributed by atoms with E-state index in [1.165, 1.54) is 13.4 Å². The molecule has 4 heteroatoms. The molecule has 0 fully saturated rings. The summed E-state index contributed by atoms with van der Waals surface area (Å²) in [5.74, 6) is -0.346. The fourth-order valence-corrected chi connectivity index (χ4v) is 2.08. The Labute approximate surface area is 82.0 Å². The minimum Gasteiger partial charge on any atom is -0.472 e. The van der Waals surface area contributed by atoms with Gasteiger partial charge in [-0.15, -0.1) is 0 Å². The second-order valence-electron chi connectivity index (χ2n) is 3.78. The van der Waals surface area contributed by atoms with Crippen molar-refractivity contribution in [3.05, 3.63) is 23.7 Å². The summed E-state index contributed by atoms with van der Waals surface area (Å²) < 4.78 is 9.77. The number of hydrogen-bond donors (Lipinski definition) is 1. The Balaban J connectivity index is 2.49. The molecule has 0 radical (unpaired) electrons. The van der Waals surface area contributed by atoms with E-state index in [-0.39, 0.29) is 5.92 Å². The lowest BCUT2D eigenvalue weighted by Crippen LogP contribution is -2.48. The molecule has 0 spiro atoms. The van der Waals surface area contributed by atoms with Crippen LogP contribution in [0.25, 0.3) is 0 Å². The molecule has 0 bridgehead atoms. The molecule has 2 rings (SSSR count). The van der Waals surface area contributed by atoms with Crippen LogP contribution in [0.1, 0.15) is 18.1 Å².